The van der Waals surface area contributed by atoms with E-state index in [-0.39, 0.29) is 0 Å². The van der Waals surface area contributed by atoms with Crippen LogP contribution in [0.2, 0.25) is 0 Å². The molecule has 0 aliphatic carbocycles. The Bertz CT molecular complexity index is 590. The summed E-state index contributed by atoms with van der Waals surface area (Å²) < 4.78 is 0. The normalized spacial score (nSPS) is 19.0. The molecule has 1 heterocycles. The van der Waals surface area contributed by atoms with Gasteiger partial charge in [-0.25, -0.2) is 0 Å². The Balaban J connectivity index is 2.10. The highest BCUT2D eigenvalue weighted by Crippen LogP contribution is 2.28. The number of rotatable bonds is 1. The number of aryl methyl sites for hydroxylation is 2. The molecule has 0 amide bonds. The first kappa shape index (κ1) is 13.3. The molecule has 1 atom stereocenters. The third kappa shape index (κ3) is 2.62. The fourth-order valence-corrected chi connectivity index (χ4v) is 2.90. The zero-order valence-corrected chi connectivity index (χ0v) is 12.2. The molecule has 1 aliphatic heterocycles. The number of fused-ring (bicyclic) bond motifs is 1. The molecule has 1 unspecified atom stereocenters. The van der Waals surface area contributed by atoms with Crippen LogP contribution in [0, 0.1) is 13.8 Å². The van der Waals surface area contributed by atoms with E-state index in [0.29, 0.717) is 6.04 Å². The zero-order valence-electron chi connectivity index (χ0n) is 12.2. The highest BCUT2D eigenvalue weighted by molar-refractivity contribution is 5.43. The molecule has 0 saturated carbocycles. The van der Waals surface area contributed by atoms with Crippen LogP contribution < -0.4 is 10.6 Å². The topological polar surface area (TPSA) is 24.1 Å². The van der Waals surface area contributed by atoms with Gasteiger partial charge in [0.25, 0.3) is 0 Å². The Kier molecular flexibility index (Phi) is 3.86. The molecule has 2 N–H and O–H groups in total. The van der Waals surface area contributed by atoms with E-state index < -0.39 is 0 Å². The molecule has 20 heavy (non-hydrogen) atoms. The van der Waals surface area contributed by atoms with Gasteiger partial charge in [-0.15, -0.1) is 0 Å². The average Bonchev–Trinajstić information content (AvgIpc) is 2.45. The lowest BCUT2D eigenvalue weighted by Gasteiger charge is -2.26. The van der Waals surface area contributed by atoms with Crippen LogP contribution in [0.5, 0.6) is 0 Å². The molecule has 0 aromatic heterocycles. The summed E-state index contributed by atoms with van der Waals surface area (Å²) >= 11 is 0. The molecule has 0 saturated heterocycles. The predicted octanol–water partition coefficient (Wildman–Crippen LogP) is 3.09. The summed E-state index contributed by atoms with van der Waals surface area (Å²) in [6.07, 6.45) is 0. The van der Waals surface area contributed by atoms with E-state index in [4.69, 9.17) is 0 Å². The maximum Gasteiger partial charge on any atom is 0.0580 e. The van der Waals surface area contributed by atoms with Crippen LogP contribution in [0.1, 0.15) is 33.9 Å². The SMILES string of the molecule is Cc1cc2c(cc1C)C(c1ccccc1)NCCNC2. The average molecular weight is 266 g/mol. The second-order valence-corrected chi connectivity index (χ2v) is 5.61. The fraction of sp³-hybridized carbons (Fsp3) is 0.333. The van der Waals surface area contributed by atoms with Crippen molar-refractivity contribution in [1.82, 2.24) is 10.6 Å². The second kappa shape index (κ2) is 5.78. The molecule has 2 aromatic carbocycles. The summed E-state index contributed by atoms with van der Waals surface area (Å²) in [5.74, 6) is 0. The van der Waals surface area contributed by atoms with Gasteiger partial charge in [0.05, 0.1) is 6.04 Å². The Morgan fingerprint density at radius 3 is 2.50 bits per heavy atom. The van der Waals surface area contributed by atoms with Crippen molar-refractivity contribution in [3.8, 4) is 0 Å². The largest absolute Gasteiger partial charge is 0.311 e. The number of nitrogens with one attached hydrogen (secondary N) is 2. The minimum absolute atomic E-state index is 0.299. The molecule has 0 fully saturated rings. The van der Waals surface area contributed by atoms with E-state index in [9.17, 15) is 0 Å². The quantitative estimate of drug-likeness (QED) is 0.829. The summed E-state index contributed by atoms with van der Waals surface area (Å²) in [7, 11) is 0. The van der Waals surface area contributed by atoms with Crippen molar-refractivity contribution in [3.05, 3.63) is 70.3 Å². The van der Waals surface area contributed by atoms with Crippen molar-refractivity contribution < 1.29 is 0 Å². The Hall–Kier alpha value is -1.64. The van der Waals surface area contributed by atoms with Gasteiger partial charge in [-0.3, -0.25) is 0 Å². The lowest BCUT2D eigenvalue weighted by atomic mass is 9.90. The molecule has 2 nitrogen and oxygen atoms in total. The molecule has 3 rings (SSSR count). The van der Waals surface area contributed by atoms with E-state index in [1.165, 1.54) is 27.8 Å². The smallest absolute Gasteiger partial charge is 0.0580 e. The van der Waals surface area contributed by atoms with Gasteiger partial charge in [0.15, 0.2) is 0 Å². The monoisotopic (exact) mass is 266 g/mol. The zero-order chi connectivity index (χ0) is 13.9. The summed E-state index contributed by atoms with van der Waals surface area (Å²) in [5, 5.41) is 7.18. The van der Waals surface area contributed by atoms with Crippen LogP contribution >= 0.6 is 0 Å². The number of hydrogen-bond donors (Lipinski definition) is 2. The Labute approximate surface area is 121 Å². The van der Waals surface area contributed by atoms with E-state index in [1.54, 1.807) is 0 Å². The number of benzene rings is 2. The van der Waals surface area contributed by atoms with Crippen LogP contribution in [0.4, 0.5) is 0 Å². The van der Waals surface area contributed by atoms with Gasteiger partial charge < -0.3 is 10.6 Å². The van der Waals surface area contributed by atoms with Crippen LogP contribution in [-0.4, -0.2) is 13.1 Å². The van der Waals surface area contributed by atoms with Crippen molar-refractivity contribution in [2.45, 2.75) is 26.4 Å². The molecular weight excluding hydrogens is 244 g/mol. The van der Waals surface area contributed by atoms with Gasteiger partial charge in [0.2, 0.25) is 0 Å². The summed E-state index contributed by atoms with van der Waals surface area (Å²) in [6, 6.07) is 15.7. The van der Waals surface area contributed by atoms with Crippen LogP contribution in [0.25, 0.3) is 0 Å². The molecule has 0 radical (unpaired) electrons. The van der Waals surface area contributed by atoms with E-state index in [1.807, 2.05) is 0 Å². The first-order valence-electron chi connectivity index (χ1n) is 7.35. The van der Waals surface area contributed by atoms with Gasteiger partial charge in [0.1, 0.15) is 0 Å². The summed E-state index contributed by atoms with van der Waals surface area (Å²) in [6.45, 7) is 7.35. The minimum Gasteiger partial charge on any atom is -0.311 e. The van der Waals surface area contributed by atoms with Gasteiger partial charge in [-0.2, -0.15) is 0 Å². The first-order chi connectivity index (χ1) is 9.75. The Morgan fingerprint density at radius 1 is 0.950 bits per heavy atom. The van der Waals surface area contributed by atoms with Gasteiger partial charge in [-0.05, 0) is 41.7 Å². The van der Waals surface area contributed by atoms with Crippen molar-refractivity contribution in [2.24, 2.45) is 0 Å². The van der Waals surface area contributed by atoms with Crippen molar-refractivity contribution >= 4 is 0 Å². The molecule has 104 valence electrons. The lowest BCUT2D eigenvalue weighted by Crippen LogP contribution is -2.34. The molecule has 0 bridgehead atoms. The van der Waals surface area contributed by atoms with E-state index >= 15 is 0 Å². The van der Waals surface area contributed by atoms with Crippen molar-refractivity contribution in [3.63, 3.8) is 0 Å². The second-order valence-electron chi connectivity index (χ2n) is 5.61. The van der Waals surface area contributed by atoms with Crippen LogP contribution in [0.3, 0.4) is 0 Å². The maximum atomic E-state index is 3.68. The standard InChI is InChI=1S/C18H22N2/c1-13-10-16-12-19-8-9-20-18(17(16)11-14(13)2)15-6-4-3-5-7-15/h3-7,10-11,18-20H,8-9,12H2,1-2H3. The van der Waals surface area contributed by atoms with Crippen molar-refractivity contribution in [2.75, 3.05) is 13.1 Å². The first-order valence-corrected chi connectivity index (χ1v) is 7.35. The summed E-state index contributed by atoms with van der Waals surface area (Å²) in [4.78, 5) is 0. The van der Waals surface area contributed by atoms with Crippen molar-refractivity contribution in [1.29, 1.82) is 0 Å². The van der Waals surface area contributed by atoms with Gasteiger partial charge in [0, 0.05) is 19.6 Å². The minimum atomic E-state index is 0.299. The van der Waals surface area contributed by atoms with Crippen LogP contribution in [0.15, 0.2) is 42.5 Å². The molecule has 0 spiro atoms. The molecule has 1 aliphatic rings. The molecule has 2 aromatic rings. The van der Waals surface area contributed by atoms with E-state index in [2.05, 4.69) is 66.9 Å². The summed E-state index contributed by atoms with van der Waals surface area (Å²) in [5.41, 5.74) is 6.91. The van der Waals surface area contributed by atoms with Gasteiger partial charge in [-0.1, -0.05) is 42.5 Å². The maximum absolute atomic E-state index is 3.68. The molecule has 2 heteroatoms. The lowest BCUT2D eigenvalue weighted by molar-refractivity contribution is 0.538. The Morgan fingerprint density at radius 2 is 1.70 bits per heavy atom. The highest BCUT2D eigenvalue weighted by Gasteiger charge is 2.19. The van der Waals surface area contributed by atoms with Crippen LogP contribution in [-0.2, 0) is 6.54 Å². The molecular formula is C18H22N2. The van der Waals surface area contributed by atoms with Gasteiger partial charge >= 0.3 is 0 Å². The highest BCUT2D eigenvalue weighted by atomic mass is 15.0. The predicted molar refractivity (Wildman–Crippen MR) is 83.9 cm³/mol. The third-order valence-corrected chi connectivity index (χ3v) is 4.17. The van der Waals surface area contributed by atoms with E-state index in [0.717, 1.165) is 19.6 Å². The fourth-order valence-electron chi connectivity index (χ4n) is 2.90. The third-order valence-electron chi connectivity index (χ3n) is 4.17. The number of hydrogen-bond acceptors (Lipinski definition) is 2.